The molecule has 3 aromatic rings. The molecule has 2 aromatic carbocycles. The summed E-state index contributed by atoms with van der Waals surface area (Å²) in [5.41, 5.74) is 2.29. The molecule has 178 valence electrons. The third-order valence-corrected chi connectivity index (χ3v) is 7.16. The Kier molecular flexibility index (Phi) is 8.46. The van der Waals surface area contributed by atoms with Gasteiger partial charge in [-0.05, 0) is 29.5 Å². The summed E-state index contributed by atoms with van der Waals surface area (Å²) < 4.78 is 0. The van der Waals surface area contributed by atoms with Crippen molar-refractivity contribution in [3.05, 3.63) is 94.2 Å². The number of carbonyl (C=O) groups is 2. The van der Waals surface area contributed by atoms with E-state index in [1.807, 2.05) is 49.4 Å². The molecule has 4 rings (SSSR count). The van der Waals surface area contributed by atoms with E-state index >= 15 is 0 Å². The molecule has 1 saturated heterocycles. The van der Waals surface area contributed by atoms with E-state index in [2.05, 4.69) is 56.1 Å². The van der Waals surface area contributed by atoms with Crippen molar-refractivity contribution in [2.24, 2.45) is 0 Å². The van der Waals surface area contributed by atoms with Crippen LogP contribution in [0.15, 0.2) is 78.2 Å². The van der Waals surface area contributed by atoms with E-state index in [-0.39, 0.29) is 12.1 Å². The minimum absolute atomic E-state index is 0.0322. The lowest BCUT2D eigenvalue weighted by atomic mass is 10.0. The average Bonchev–Trinajstić information content (AvgIpc) is 3.39. The van der Waals surface area contributed by atoms with Crippen LogP contribution in [0, 0.1) is 0 Å². The van der Waals surface area contributed by atoms with E-state index in [4.69, 9.17) is 0 Å². The van der Waals surface area contributed by atoms with Gasteiger partial charge in [-0.3, -0.25) is 19.4 Å². The largest absolute Gasteiger partial charge is 0.344 e. The third kappa shape index (κ3) is 6.53. The fourth-order valence-electron chi connectivity index (χ4n) is 4.45. The number of hydrogen-bond donors (Lipinski definition) is 2. The van der Waals surface area contributed by atoms with Crippen molar-refractivity contribution in [3.63, 3.8) is 0 Å². The number of piperazine rings is 1. The molecule has 2 amide bonds. The Morgan fingerprint density at radius 1 is 0.853 bits per heavy atom. The van der Waals surface area contributed by atoms with Crippen LogP contribution in [-0.2, 0) is 22.7 Å². The first-order valence-corrected chi connectivity index (χ1v) is 12.6. The number of amides is 2. The van der Waals surface area contributed by atoms with Crippen LogP contribution in [0.25, 0.3) is 0 Å². The van der Waals surface area contributed by atoms with Gasteiger partial charge in [0.25, 0.3) is 0 Å². The monoisotopic (exact) mass is 476 g/mol. The van der Waals surface area contributed by atoms with Gasteiger partial charge in [-0.1, -0.05) is 66.7 Å². The van der Waals surface area contributed by atoms with Crippen LogP contribution >= 0.6 is 11.3 Å². The molecule has 1 aromatic heterocycles. The summed E-state index contributed by atoms with van der Waals surface area (Å²) in [5, 5.41) is 7.74. The first-order valence-electron chi connectivity index (χ1n) is 11.8. The van der Waals surface area contributed by atoms with Gasteiger partial charge in [0.05, 0.1) is 6.04 Å². The molecule has 0 spiro atoms. The zero-order valence-electron chi connectivity index (χ0n) is 19.5. The summed E-state index contributed by atoms with van der Waals surface area (Å²) in [5.74, 6) is -1.19. The maximum atomic E-state index is 12.6. The lowest BCUT2D eigenvalue weighted by molar-refractivity contribution is -0.140. The minimum Gasteiger partial charge on any atom is -0.344 e. The minimum atomic E-state index is -0.603. The Balaban J connectivity index is 1.34. The van der Waals surface area contributed by atoms with Crippen LogP contribution in [0.3, 0.4) is 0 Å². The molecule has 1 fully saturated rings. The van der Waals surface area contributed by atoms with Crippen LogP contribution in [0.4, 0.5) is 0 Å². The van der Waals surface area contributed by atoms with Gasteiger partial charge < -0.3 is 10.6 Å². The molecule has 7 heteroatoms. The quantitative estimate of drug-likeness (QED) is 0.489. The highest BCUT2D eigenvalue weighted by atomic mass is 32.1. The summed E-state index contributed by atoms with van der Waals surface area (Å²) in [6, 6.07) is 24.1. The second-order valence-electron chi connectivity index (χ2n) is 8.69. The average molecular weight is 477 g/mol. The van der Waals surface area contributed by atoms with Crippen LogP contribution in [0.2, 0.25) is 0 Å². The predicted octanol–water partition coefficient (Wildman–Crippen LogP) is 3.43. The van der Waals surface area contributed by atoms with E-state index in [0.29, 0.717) is 6.54 Å². The van der Waals surface area contributed by atoms with Gasteiger partial charge >= 0.3 is 11.8 Å². The van der Waals surface area contributed by atoms with Crippen molar-refractivity contribution in [1.82, 2.24) is 20.4 Å². The molecule has 0 radical (unpaired) electrons. The maximum Gasteiger partial charge on any atom is 0.309 e. The maximum absolute atomic E-state index is 12.6. The molecule has 0 unspecified atom stereocenters. The smallest absolute Gasteiger partial charge is 0.309 e. The molecule has 0 saturated carbocycles. The van der Waals surface area contributed by atoms with Gasteiger partial charge in [-0.25, -0.2) is 0 Å². The highest BCUT2D eigenvalue weighted by Gasteiger charge is 2.31. The molecule has 2 heterocycles. The molecular formula is C27H32N4O2S. The normalized spacial score (nSPS) is 16.5. The Hall–Kier alpha value is -3.00. The van der Waals surface area contributed by atoms with E-state index in [9.17, 15) is 9.59 Å². The first kappa shape index (κ1) is 24.1. The van der Waals surface area contributed by atoms with E-state index in [1.54, 1.807) is 11.3 Å². The number of benzene rings is 2. The van der Waals surface area contributed by atoms with Gasteiger partial charge in [0.1, 0.15) is 0 Å². The summed E-state index contributed by atoms with van der Waals surface area (Å²) in [6.45, 7) is 7.03. The van der Waals surface area contributed by atoms with Crippen molar-refractivity contribution in [2.75, 3.05) is 26.2 Å². The molecule has 34 heavy (non-hydrogen) atoms. The highest BCUT2D eigenvalue weighted by Crippen LogP contribution is 2.29. The molecular weight excluding hydrogens is 444 g/mol. The molecule has 0 aliphatic carbocycles. The number of hydrogen-bond acceptors (Lipinski definition) is 5. The third-order valence-electron chi connectivity index (χ3n) is 6.22. The van der Waals surface area contributed by atoms with Crippen molar-refractivity contribution >= 4 is 23.2 Å². The second-order valence-corrected chi connectivity index (χ2v) is 9.67. The van der Waals surface area contributed by atoms with E-state index < -0.39 is 11.8 Å². The lowest BCUT2D eigenvalue weighted by Gasteiger charge is -2.41. The fraction of sp³-hybridized carbons (Fsp3) is 0.333. The van der Waals surface area contributed by atoms with Crippen LogP contribution in [0.5, 0.6) is 0 Å². The fourth-order valence-corrected chi connectivity index (χ4v) is 5.42. The Morgan fingerprint density at radius 3 is 2.12 bits per heavy atom. The predicted molar refractivity (Wildman–Crippen MR) is 136 cm³/mol. The van der Waals surface area contributed by atoms with E-state index in [0.717, 1.165) is 38.3 Å². The summed E-state index contributed by atoms with van der Waals surface area (Å²) in [4.78, 5) is 31.2. The molecule has 0 bridgehead atoms. The Bertz CT molecular complexity index is 1040. The highest BCUT2D eigenvalue weighted by molar-refractivity contribution is 7.10. The topological polar surface area (TPSA) is 64.7 Å². The first-order chi connectivity index (χ1) is 16.6. The zero-order chi connectivity index (χ0) is 23.8. The van der Waals surface area contributed by atoms with E-state index in [1.165, 1.54) is 10.4 Å². The van der Waals surface area contributed by atoms with Gasteiger partial charge in [-0.15, -0.1) is 11.3 Å². The van der Waals surface area contributed by atoms with Crippen molar-refractivity contribution < 1.29 is 9.59 Å². The Morgan fingerprint density at radius 2 is 1.50 bits per heavy atom. The van der Waals surface area contributed by atoms with Crippen LogP contribution < -0.4 is 10.6 Å². The zero-order valence-corrected chi connectivity index (χ0v) is 20.3. The number of carbonyl (C=O) groups excluding carboxylic acids is 2. The van der Waals surface area contributed by atoms with Crippen LogP contribution in [0.1, 0.15) is 29.0 Å². The number of thiophene rings is 1. The van der Waals surface area contributed by atoms with Crippen molar-refractivity contribution in [2.45, 2.75) is 32.1 Å². The van der Waals surface area contributed by atoms with Crippen molar-refractivity contribution in [1.29, 1.82) is 0 Å². The standard InChI is InChI=1S/C27H32N4O2S/c1-21(29-27(33)26(32)28-19-22-9-4-2-5-10-22)25(24-13-8-18-34-24)31-16-14-30(15-17-31)20-23-11-6-3-7-12-23/h2-13,18,21,25H,14-17,19-20H2,1H3,(H,28,32)(H,29,33)/t21-,25+/m1/s1. The number of rotatable bonds is 8. The summed E-state index contributed by atoms with van der Waals surface area (Å²) in [6.07, 6.45) is 0. The van der Waals surface area contributed by atoms with Crippen LogP contribution in [-0.4, -0.2) is 53.8 Å². The van der Waals surface area contributed by atoms with Gasteiger partial charge in [0.2, 0.25) is 0 Å². The second kappa shape index (κ2) is 11.9. The number of nitrogens with one attached hydrogen (secondary N) is 2. The summed E-state index contributed by atoms with van der Waals surface area (Å²) in [7, 11) is 0. The van der Waals surface area contributed by atoms with Gasteiger partial charge in [0.15, 0.2) is 0 Å². The van der Waals surface area contributed by atoms with Crippen molar-refractivity contribution in [3.8, 4) is 0 Å². The SMILES string of the molecule is C[C@@H](NC(=O)C(=O)NCc1ccccc1)[C@@H](c1cccs1)N1CCN(Cc2ccccc2)CC1. The molecule has 1 aliphatic heterocycles. The molecule has 2 N–H and O–H groups in total. The Labute approximate surface area is 205 Å². The van der Waals surface area contributed by atoms with Gasteiger partial charge in [0, 0.05) is 50.2 Å². The summed E-state index contributed by atoms with van der Waals surface area (Å²) >= 11 is 1.69. The van der Waals surface area contributed by atoms with Gasteiger partial charge in [-0.2, -0.15) is 0 Å². The molecule has 1 aliphatic rings. The molecule has 2 atom stereocenters. The number of nitrogens with zero attached hydrogens (tertiary/aromatic N) is 2. The molecule has 6 nitrogen and oxygen atoms in total. The lowest BCUT2D eigenvalue weighted by Crippen LogP contribution is -2.53.